The van der Waals surface area contributed by atoms with Crippen molar-refractivity contribution in [2.45, 2.75) is 199 Å². The highest BCUT2D eigenvalue weighted by Crippen LogP contribution is 2.43. The molecule has 0 aromatic carbocycles. The third kappa shape index (κ3) is 38.4. The van der Waals surface area contributed by atoms with E-state index in [-0.39, 0.29) is 12.8 Å². The SMILES string of the molecule is CC/C=C\C/C=C\C/C=C\CCCCCC(=O)OCC(O)COP(=O)(O)OCC(NC(=O)CCCCCCCCCCCCCCCCCCCC)C(=O)O. The van der Waals surface area contributed by atoms with E-state index >= 15 is 0 Å². The molecule has 12 heteroatoms. The van der Waals surface area contributed by atoms with Crippen LogP contribution in [-0.4, -0.2) is 64.9 Å². The largest absolute Gasteiger partial charge is 0.480 e. The maximum Gasteiger partial charge on any atom is 0.472 e. The Bertz CT molecular complexity index is 1080. The molecule has 0 aliphatic carbocycles. The van der Waals surface area contributed by atoms with Gasteiger partial charge in [0.2, 0.25) is 5.91 Å². The number of amides is 1. The Balaban J connectivity index is 3.92. The maximum atomic E-state index is 12.3. The Hall–Kier alpha value is -2.30. The van der Waals surface area contributed by atoms with Crippen molar-refractivity contribution in [3.8, 4) is 0 Å². The van der Waals surface area contributed by atoms with E-state index in [4.69, 9.17) is 13.8 Å². The van der Waals surface area contributed by atoms with E-state index in [1.54, 1.807) is 0 Å². The lowest BCUT2D eigenvalue weighted by molar-refractivity contribution is -0.147. The normalized spacial score (nSPS) is 14.1. The van der Waals surface area contributed by atoms with Gasteiger partial charge in [-0.2, -0.15) is 0 Å². The number of esters is 1. The van der Waals surface area contributed by atoms with Crippen molar-refractivity contribution in [1.29, 1.82) is 0 Å². The third-order valence-corrected chi connectivity index (χ3v) is 10.1. The van der Waals surface area contributed by atoms with Crippen LogP contribution in [0.1, 0.15) is 187 Å². The van der Waals surface area contributed by atoms with Gasteiger partial charge in [-0.1, -0.05) is 166 Å². The highest BCUT2D eigenvalue weighted by molar-refractivity contribution is 7.47. The van der Waals surface area contributed by atoms with E-state index in [9.17, 15) is 34.1 Å². The molecule has 3 atom stereocenters. The molecule has 3 unspecified atom stereocenters. The second-order valence-electron chi connectivity index (χ2n) is 14.5. The summed E-state index contributed by atoms with van der Waals surface area (Å²) in [6, 6.07) is -1.55. The van der Waals surface area contributed by atoms with Gasteiger partial charge in [0.05, 0.1) is 13.2 Å². The fourth-order valence-electron chi connectivity index (χ4n) is 5.86. The van der Waals surface area contributed by atoms with Gasteiger partial charge >= 0.3 is 19.8 Å². The second-order valence-corrected chi connectivity index (χ2v) is 16.0. The average molecular weight is 800 g/mol. The van der Waals surface area contributed by atoms with E-state index in [2.05, 4.69) is 55.6 Å². The summed E-state index contributed by atoms with van der Waals surface area (Å²) < 4.78 is 26.8. The van der Waals surface area contributed by atoms with Crippen molar-refractivity contribution in [3.63, 3.8) is 0 Å². The number of phosphoric ester groups is 1. The zero-order valence-corrected chi connectivity index (χ0v) is 35.4. The minimum absolute atomic E-state index is 0.147. The van der Waals surface area contributed by atoms with Crippen LogP contribution in [-0.2, 0) is 32.7 Å². The highest BCUT2D eigenvalue weighted by atomic mass is 31.2. The van der Waals surface area contributed by atoms with E-state index in [0.717, 1.165) is 57.8 Å². The number of allylic oxidation sites excluding steroid dienone is 6. The molecule has 0 spiro atoms. The second kappa shape index (κ2) is 38.6. The Morgan fingerprint density at radius 3 is 1.58 bits per heavy atom. The molecule has 4 N–H and O–H groups in total. The number of aliphatic hydroxyl groups excluding tert-OH is 1. The summed E-state index contributed by atoms with van der Waals surface area (Å²) in [4.78, 5) is 45.8. The molecule has 0 fully saturated rings. The summed E-state index contributed by atoms with van der Waals surface area (Å²) in [5, 5.41) is 21.8. The number of hydrogen-bond donors (Lipinski definition) is 4. The molecule has 11 nitrogen and oxygen atoms in total. The van der Waals surface area contributed by atoms with Gasteiger partial charge in [-0.25, -0.2) is 9.36 Å². The molecule has 0 aliphatic heterocycles. The Morgan fingerprint density at radius 1 is 0.600 bits per heavy atom. The predicted molar refractivity (Wildman–Crippen MR) is 222 cm³/mol. The third-order valence-electron chi connectivity index (χ3n) is 9.19. The number of carboxylic acid groups (broad SMARTS) is 1. The molecule has 0 aromatic rings. The molecule has 0 aliphatic rings. The monoisotopic (exact) mass is 800 g/mol. The molecule has 0 heterocycles. The van der Waals surface area contributed by atoms with Crippen molar-refractivity contribution in [2.24, 2.45) is 0 Å². The van der Waals surface area contributed by atoms with Crippen LogP contribution >= 0.6 is 7.82 Å². The number of carbonyl (C=O) groups is 3. The number of carbonyl (C=O) groups excluding carboxylic acids is 2. The summed E-state index contributed by atoms with van der Waals surface area (Å²) in [5.41, 5.74) is 0. The summed E-state index contributed by atoms with van der Waals surface area (Å²) in [6.45, 7) is 2.45. The summed E-state index contributed by atoms with van der Waals surface area (Å²) in [5.74, 6) is -2.40. The Kier molecular flexibility index (Phi) is 37.0. The van der Waals surface area contributed by atoms with Gasteiger partial charge in [-0.05, 0) is 44.9 Å². The first-order valence-corrected chi connectivity index (χ1v) is 23.0. The minimum Gasteiger partial charge on any atom is -0.480 e. The van der Waals surface area contributed by atoms with Gasteiger partial charge < -0.3 is 25.2 Å². The fourth-order valence-corrected chi connectivity index (χ4v) is 6.63. The Morgan fingerprint density at radius 2 is 1.05 bits per heavy atom. The molecule has 320 valence electrons. The number of hydrogen-bond acceptors (Lipinski definition) is 8. The number of unbranched alkanes of at least 4 members (excludes halogenated alkanes) is 20. The van der Waals surface area contributed by atoms with Crippen LogP contribution in [0.25, 0.3) is 0 Å². The molecule has 0 bridgehead atoms. The van der Waals surface area contributed by atoms with Crippen molar-refractivity contribution in [2.75, 3.05) is 19.8 Å². The summed E-state index contributed by atoms with van der Waals surface area (Å²) >= 11 is 0. The lowest BCUT2D eigenvalue weighted by Crippen LogP contribution is -2.43. The van der Waals surface area contributed by atoms with Crippen LogP contribution in [0.5, 0.6) is 0 Å². The van der Waals surface area contributed by atoms with Crippen molar-refractivity contribution in [1.82, 2.24) is 5.32 Å². The molecule has 0 radical (unpaired) electrons. The molecular weight excluding hydrogens is 721 g/mol. The number of rotatable bonds is 40. The number of nitrogens with one attached hydrogen (secondary N) is 1. The molecule has 0 saturated carbocycles. The smallest absolute Gasteiger partial charge is 0.472 e. The van der Waals surface area contributed by atoms with Crippen LogP contribution in [0.15, 0.2) is 36.5 Å². The van der Waals surface area contributed by atoms with Crippen molar-refractivity contribution < 1.29 is 47.8 Å². The zero-order chi connectivity index (χ0) is 40.7. The number of phosphoric acid groups is 1. The molecule has 0 saturated heterocycles. The van der Waals surface area contributed by atoms with Gasteiger partial charge in [0.1, 0.15) is 12.7 Å². The summed E-state index contributed by atoms with van der Waals surface area (Å²) in [7, 11) is -4.76. The lowest BCUT2D eigenvalue weighted by atomic mass is 10.0. The molecule has 1 amide bonds. The van der Waals surface area contributed by atoms with Crippen LogP contribution < -0.4 is 5.32 Å². The maximum absolute atomic E-state index is 12.3. The van der Waals surface area contributed by atoms with E-state index in [0.29, 0.717) is 12.8 Å². The predicted octanol–water partition coefficient (Wildman–Crippen LogP) is 10.8. The van der Waals surface area contributed by atoms with Gasteiger partial charge in [-0.15, -0.1) is 0 Å². The topological polar surface area (TPSA) is 169 Å². The minimum atomic E-state index is -4.76. The van der Waals surface area contributed by atoms with Crippen LogP contribution in [0, 0.1) is 0 Å². The van der Waals surface area contributed by atoms with Gasteiger partial charge in [0.15, 0.2) is 6.04 Å². The van der Waals surface area contributed by atoms with E-state index in [1.165, 1.54) is 89.9 Å². The van der Waals surface area contributed by atoms with E-state index < -0.39 is 57.6 Å². The number of aliphatic carboxylic acids is 1. The molecule has 0 rings (SSSR count). The average Bonchev–Trinajstić information content (AvgIpc) is 3.16. The number of ether oxygens (including phenoxy) is 1. The first kappa shape index (κ1) is 52.7. The highest BCUT2D eigenvalue weighted by Gasteiger charge is 2.28. The molecule has 55 heavy (non-hydrogen) atoms. The zero-order valence-electron chi connectivity index (χ0n) is 34.5. The Labute approximate surface area is 333 Å². The quantitative estimate of drug-likeness (QED) is 0.0202. The fraction of sp³-hybridized carbons (Fsp3) is 0.791. The van der Waals surface area contributed by atoms with Gasteiger partial charge in [0.25, 0.3) is 0 Å². The number of aliphatic hydroxyl groups is 1. The number of carboxylic acids is 1. The standard InChI is InChI=1S/C43H78NO10P/c1-3-5-7-9-11-13-15-17-18-19-20-21-23-24-26-28-30-32-34-41(46)44-40(43(48)49)38-54-55(50,51)53-37-39(45)36-52-42(47)35-33-31-29-27-25-22-16-14-12-10-8-6-4-2/h6,8,12,14,22,25,39-40,45H,3-5,7,9-11,13,15-21,23-24,26-38H2,1-2H3,(H,44,46)(H,48,49)(H,50,51)/b8-6-,14-12-,25-22-. The van der Waals surface area contributed by atoms with Gasteiger partial charge in [0, 0.05) is 12.8 Å². The van der Waals surface area contributed by atoms with Crippen LogP contribution in [0.4, 0.5) is 0 Å². The van der Waals surface area contributed by atoms with Gasteiger partial charge in [-0.3, -0.25) is 18.6 Å². The first-order chi connectivity index (χ1) is 26.6. The van der Waals surface area contributed by atoms with Crippen molar-refractivity contribution >= 4 is 25.7 Å². The summed E-state index contributed by atoms with van der Waals surface area (Å²) in [6.07, 6.45) is 40.3. The van der Waals surface area contributed by atoms with E-state index in [1.807, 2.05) is 0 Å². The van der Waals surface area contributed by atoms with Crippen molar-refractivity contribution in [3.05, 3.63) is 36.5 Å². The molecule has 0 aromatic heterocycles. The van der Waals surface area contributed by atoms with Crippen LogP contribution in [0.2, 0.25) is 0 Å². The lowest BCUT2D eigenvalue weighted by Gasteiger charge is -2.18. The first-order valence-electron chi connectivity index (χ1n) is 21.5. The molecular formula is C43H78NO10P. The van der Waals surface area contributed by atoms with Crippen LogP contribution in [0.3, 0.4) is 0 Å².